The van der Waals surface area contributed by atoms with Gasteiger partial charge < -0.3 is 4.90 Å². The number of hydrogen-bond donors (Lipinski definition) is 0. The van der Waals surface area contributed by atoms with Crippen LogP contribution in [-0.4, -0.2) is 34.0 Å². The maximum atomic E-state index is 11.9. The van der Waals surface area contributed by atoms with Crippen LogP contribution in [0.4, 0.5) is 0 Å². The highest BCUT2D eigenvalue weighted by atomic mass is 16.1. The number of benzene rings is 1. The Hall–Kier alpha value is -2.82. The van der Waals surface area contributed by atoms with E-state index in [4.69, 9.17) is 0 Å². The van der Waals surface area contributed by atoms with E-state index >= 15 is 0 Å². The minimum Gasteiger partial charge on any atom is -0.351 e. The summed E-state index contributed by atoms with van der Waals surface area (Å²) in [7, 11) is 1.86. The second kappa shape index (κ2) is 5.89. The summed E-state index contributed by atoms with van der Waals surface area (Å²) in [6.45, 7) is 1.54. The first-order valence-electron chi connectivity index (χ1n) is 7.01. The van der Waals surface area contributed by atoms with E-state index in [1.54, 1.807) is 18.7 Å². The van der Waals surface area contributed by atoms with Gasteiger partial charge in [-0.15, -0.1) is 0 Å². The first kappa shape index (κ1) is 14.1. The van der Waals surface area contributed by atoms with Gasteiger partial charge in [-0.2, -0.15) is 0 Å². The molecule has 1 aliphatic heterocycles. The van der Waals surface area contributed by atoms with Crippen molar-refractivity contribution in [2.75, 3.05) is 7.05 Å². The van der Waals surface area contributed by atoms with E-state index in [-0.39, 0.29) is 11.8 Å². The second-order valence-corrected chi connectivity index (χ2v) is 5.14. The van der Waals surface area contributed by atoms with E-state index < -0.39 is 0 Å². The van der Waals surface area contributed by atoms with Crippen molar-refractivity contribution in [3.8, 4) is 11.3 Å². The summed E-state index contributed by atoms with van der Waals surface area (Å²) in [5.41, 5.74) is 2.45. The Balaban J connectivity index is 2.03. The van der Waals surface area contributed by atoms with Gasteiger partial charge in [0.05, 0.1) is 12.0 Å². The molecule has 0 amide bonds. The van der Waals surface area contributed by atoms with Crippen molar-refractivity contribution in [2.24, 2.45) is 4.99 Å². The molecule has 2 heterocycles. The van der Waals surface area contributed by atoms with E-state index in [1.807, 2.05) is 48.3 Å². The van der Waals surface area contributed by atoms with Gasteiger partial charge in [-0.05, 0) is 13.0 Å². The van der Waals surface area contributed by atoms with Crippen LogP contribution in [0.5, 0.6) is 0 Å². The van der Waals surface area contributed by atoms with Crippen molar-refractivity contribution in [2.45, 2.75) is 13.0 Å². The van der Waals surface area contributed by atoms with Gasteiger partial charge in [-0.1, -0.05) is 30.3 Å². The molecule has 1 aromatic carbocycles. The van der Waals surface area contributed by atoms with Gasteiger partial charge in [0.25, 0.3) is 0 Å². The molecule has 22 heavy (non-hydrogen) atoms. The lowest BCUT2D eigenvalue weighted by Crippen LogP contribution is -2.30. The number of nitrogens with zero attached hydrogens (tertiary/aromatic N) is 4. The number of ketones is 1. The molecule has 0 bridgehead atoms. The Morgan fingerprint density at radius 1 is 1.18 bits per heavy atom. The number of carbonyl (C=O) groups excluding carboxylic acids is 1. The van der Waals surface area contributed by atoms with Crippen LogP contribution in [0.15, 0.2) is 59.4 Å². The fraction of sp³-hybridized carbons (Fsp3) is 0.176. The van der Waals surface area contributed by atoms with Crippen LogP contribution < -0.4 is 0 Å². The maximum absolute atomic E-state index is 11.9. The van der Waals surface area contributed by atoms with Crippen molar-refractivity contribution in [3.63, 3.8) is 0 Å². The van der Waals surface area contributed by atoms with Gasteiger partial charge in [0.2, 0.25) is 0 Å². The van der Waals surface area contributed by atoms with Gasteiger partial charge in [0, 0.05) is 30.6 Å². The fourth-order valence-corrected chi connectivity index (χ4v) is 2.46. The van der Waals surface area contributed by atoms with Crippen molar-refractivity contribution >= 4 is 12.1 Å². The highest BCUT2D eigenvalue weighted by Gasteiger charge is 2.28. The highest BCUT2D eigenvalue weighted by molar-refractivity contribution is 5.95. The molecule has 0 spiro atoms. The van der Waals surface area contributed by atoms with Crippen LogP contribution in [0.25, 0.3) is 11.3 Å². The minimum absolute atomic E-state index is 0.0255. The molecule has 0 aliphatic carbocycles. The SMILES string of the molecule is CC(=O)C1=CN=CN(C)C1c1nccc(-c2ccccc2)n1. The average Bonchev–Trinajstić information content (AvgIpc) is 2.55. The second-order valence-electron chi connectivity index (χ2n) is 5.14. The van der Waals surface area contributed by atoms with Gasteiger partial charge in [0.1, 0.15) is 6.04 Å². The maximum Gasteiger partial charge on any atom is 0.159 e. The summed E-state index contributed by atoms with van der Waals surface area (Å²) in [5.74, 6) is 0.568. The quantitative estimate of drug-likeness (QED) is 0.872. The van der Waals surface area contributed by atoms with Crippen molar-refractivity contribution in [1.82, 2.24) is 14.9 Å². The standard InChI is InChI=1S/C17H16N4O/c1-12(22)14-10-18-11-21(2)16(14)17-19-9-8-15(20-17)13-6-4-3-5-7-13/h3-11,16H,1-2H3. The minimum atomic E-state index is -0.307. The summed E-state index contributed by atoms with van der Waals surface area (Å²) in [5, 5.41) is 0. The van der Waals surface area contributed by atoms with Crippen molar-refractivity contribution < 1.29 is 4.79 Å². The molecular weight excluding hydrogens is 276 g/mol. The molecule has 0 fully saturated rings. The molecular formula is C17H16N4O. The molecule has 5 heteroatoms. The predicted molar refractivity (Wildman–Crippen MR) is 85.2 cm³/mol. The Bertz CT molecular complexity index is 752. The fourth-order valence-electron chi connectivity index (χ4n) is 2.46. The largest absolute Gasteiger partial charge is 0.351 e. The summed E-state index contributed by atoms with van der Waals surface area (Å²) in [4.78, 5) is 26.8. The Morgan fingerprint density at radius 3 is 2.68 bits per heavy atom. The van der Waals surface area contributed by atoms with E-state index in [9.17, 15) is 4.79 Å². The number of aliphatic imine (C=N–C) groups is 1. The van der Waals surface area contributed by atoms with Gasteiger partial charge in [0.15, 0.2) is 11.6 Å². The normalized spacial score (nSPS) is 17.3. The third kappa shape index (κ3) is 2.65. The molecule has 110 valence electrons. The molecule has 2 aromatic rings. The monoisotopic (exact) mass is 292 g/mol. The van der Waals surface area contributed by atoms with E-state index in [2.05, 4.69) is 15.0 Å². The topological polar surface area (TPSA) is 58.5 Å². The Kier molecular flexibility index (Phi) is 3.78. The van der Waals surface area contributed by atoms with Crippen molar-refractivity contribution in [1.29, 1.82) is 0 Å². The number of Topliss-reactive ketones (excluding diaryl/α,β-unsaturated/α-hetero) is 1. The molecule has 1 aliphatic rings. The molecule has 1 aromatic heterocycles. The zero-order valence-electron chi connectivity index (χ0n) is 12.5. The van der Waals surface area contributed by atoms with Crippen LogP contribution in [0.3, 0.4) is 0 Å². The molecule has 5 nitrogen and oxygen atoms in total. The lowest BCUT2D eigenvalue weighted by Gasteiger charge is -2.28. The average molecular weight is 292 g/mol. The smallest absolute Gasteiger partial charge is 0.159 e. The number of aromatic nitrogens is 2. The van der Waals surface area contributed by atoms with Crippen LogP contribution >= 0.6 is 0 Å². The number of rotatable bonds is 3. The summed E-state index contributed by atoms with van der Waals surface area (Å²) < 4.78 is 0. The number of carbonyl (C=O) groups is 1. The van der Waals surface area contributed by atoms with Gasteiger partial charge in [-0.3, -0.25) is 4.79 Å². The number of hydrogen-bond acceptors (Lipinski definition) is 5. The first-order chi connectivity index (χ1) is 10.7. The van der Waals surface area contributed by atoms with Crippen LogP contribution in [0.1, 0.15) is 18.8 Å². The number of likely N-dealkylation sites (N-methyl/N-ethyl adjacent to an activating group) is 1. The van der Waals surface area contributed by atoms with Crippen LogP contribution in [0.2, 0.25) is 0 Å². The van der Waals surface area contributed by atoms with Crippen LogP contribution in [0, 0.1) is 0 Å². The zero-order valence-corrected chi connectivity index (χ0v) is 12.5. The molecule has 0 radical (unpaired) electrons. The summed E-state index contributed by atoms with van der Waals surface area (Å²) >= 11 is 0. The molecule has 1 unspecified atom stereocenters. The van der Waals surface area contributed by atoms with E-state index in [1.165, 1.54) is 6.92 Å². The zero-order chi connectivity index (χ0) is 15.5. The van der Waals surface area contributed by atoms with Gasteiger partial charge in [-0.25, -0.2) is 15.0 Å². The van der Waals surface area contributed by atoms with Gasteiger partial charge >= 0.3 is 0 Å². The summed E-state index contributed by atoms with van der Waals surface area (Å²) in [6.07, 6.45) is 4.99. The first-order valence-corrected chi connectivity index (χ1v) is 7.01. The van der Waals surface area contributed by atoms with E-state index in [0.29, 0.717) is 11.4 Å². The molecule has 0 N–H and O–H groups in total. The van der Waals surface area contributed by atoms with E-state index in [0.717, 1.165) is 11.3 Å². The lowest BCUT2D eigenvalue weighted by atomic mass is 10.0. The Morgan fingerprint density at radius 2 is 1.95 bits per heavy atom. The Labute approximate surface area is 129 Å². The molecule has 0 saturated heterocycles. The highest BCUT2D eigenvalue weighted by Crippen LogP contribution is 2.28. The summed E-state index contributed by atoms with van der Waals surface area (Å²) in [6, 6.07) is 11.5. The predicted octanol–water partition coefficient (Wildman–Crippen LogP) is 2.63. The molecule has 1 atom stereocenters. The molecule has 3 rings (SSSR count). The third-order valence-electron chi connectivity index (χ3n) is 3.56. The molecule has 0 saturated carbocycles. The third-order valence-corrected chi connectivity index (χ3v) is 3.56. The lowest BCUT2D eigenvalue weighted by molar-refractivity contribution is -0.114. The van der Waals surface area contributed by atoms with Crippen LogP contribution in [-0.2, 0) is 4.79 Å². The van der Waals surface area contributed by atoms with Crippen molar-refractivity contribution in [3.05, 3.63) is 60.2 Å².